The van der Waals surface area contributed by atoms with Crippen LogP contribution in [0, 0.1) is 0 Å². The van der Waals surface area contributed by atoms with Crippen LogP contribution >= 0.6 is 11.8 Å². The summed E-state index contributed by atoms with van der Waals surface area (Å²) in [6.45, 7) is 2.86. The molecule has 1 aromatic heterocycles. The number of hydrogen-bond acceptors (Lipinski definition) is 7. The highest BCUT2D eigenvalue weighted by atomic mass is 32.2. The lowest BCUT2D eigenvalue weighted by Crippen LogP contribution is -2.35. The van der Waals surface area contributed by atoms with Gasteiger partial charge in [-0.15, -0.1) is 16.9 Å². The summed E-state index contributed by atoms with van der Waals surface area (Å²) in [6.07, 6.45) is 1.12. The van der Waals surface area contributed by atoms with Gasteiger partial charge in [-0.25, -0.2) is 8.42 Å². The highest BCUT2D eigenvalue weighted by Crippen LogP contribution is 2.25. The summed E-state index contributed by atoms with van der Waals surface area (Å²) in [4.78, 5) is 14.0. The third-order valence-electron chi connectivity index (χ3n) is 6.13. The van der Waals surface area contributed by atoms with Crippen molar-refractivity contribution in [1.29, 1.82) is 0 Å². The predicted molar refractivity (Wildman–Crippen MR) is 142 cm³/mol. The number of hydrogen-bond donors (Lipinski definition) is 1. The highest BCUT2D eigenvalue weighted by molar-refractivity contribution is 7.99. The molecule has 190 valence electrons. The van der Waals surface area contributed by atoms with Crippen molar-refractivity contribution in [2.24, 2.45) is 0 Å². The highest BCUT2D eigenvalue weighted by Gasteiger charge is 2.28. The quantitative estimate of drug-likeness (QED) is 0.325. The number of sulfonamides is 1. The molecule has 3 aromatic carbocycles. The number of carbonyl (C=O) groups is 1. The molecule has 1 N–H and O–H groups in total. The van der Waals surface area contributed by atoms with E-state index < -0.39 is 15.9 Å². The molecule has 5 rings (SSSR count). The molecule has 0 saturated carbocycles. The SMILES string of the molecule is CCSc1ccc(Cc2nnc(NC(=O)c3ccc(S(=O)(=O)N4CCc5ccccc5C4)cc3)o2)cc1. The largest absolute Gasteiger partial charge is 0.407 e. The maximum atomic E-state index is 13.2. The normalized spacial score (nSPS) is 13.8. The third-order valence-corrected chi connectivity index (χ3v) is 8.88. The summed E-state index contributed by atoms with van der Waals surface area (Å²) in [6, 6.07) is 21.8. The van der Waals surface area contributed by atoms with Gasteiger partial charge in [0.05, 0.1) is 11.3 Å². The minimum Gasteiger partial charge on any atom is -0.407 e. The van der Waals surface area contributed by atoms with Crippen molar-refractivity contribution in [2.75, 3.05) is 17.6 Å². The van der Waals surface area contributed by atoms with E-state index in [0.29, 0.717) is 31.8 Å². The molecule has 1 aliphatic rings. The van der Waals surface area contributed by atoms with Crippen molar-refractivity contribution < 1.29 is 17.6 Å². The van der Waals surface area contributed by atoms with Crippen LogP contribution in [-0.2, 0) is 29.4 Å². The maximum absolute atomic E-state index is 13.2. The Morgan fingerprint density at radius 2 is 1.73 bits per heavy atom. The molecule has 0 aliphatic carbocycles. The maximum Gasteiger partial charge on any atom is 0.322 e. The molecule has 0 fully saturated rings. The van der Waals surface area contributed by atoms with Crippen LogP contribution in [0.15, 0.2) is 87.0 Å². The van der Waals surface area contributed by atoms with E-state index in [1.54, 1.807) is 11.8 Å². The minimum absolute atomic E-state index is 0.0122. The average Bonchev–Trinajstić information content (AvgIpc) is 3.36. The van der Waals surface area contributed by atoms with Crippen molar-refractivity contribution >= 4 is 33.7 Å². The summed E-state index contributed by atoms with van der Waals surface area (Å²) < 4.78 is 33.4. The van der Waals surface area contributed by atoms with E-state index in [9.17, 15) is 13.2 Å². The van der Waals surface area contributed by atoms with Gasteiger partial charge < -0.3 is 4.42 Å². The van der Waals surface area contributed by atoms with Crippen molar-refractivity contribution in [1.82, 2.24) is 14.5 Å². The average molecular weight is 535 g/mol. The van der Waals surface area contributed by atoms with Gasteiger partial charge in [0.15, 0.2) is 0 Å². The Morgan fingerprint density at radius 3 is 2.46 bits per heavy atom. The van der Waals surface area contributed by atoms with Crippen LogP contribution in [0.4, 0.5) is 6.01 Å². The summed E-state index contributed by atoms with van der Waals surface area (Å²) in [5.74, 6) is 0.931. The van der Waals surface area contributed by atoms with Gasteiger partial charge in [-0.2, -0.15) is 4.31 Å². The Labute approximate surface area is 220 Å². The van der Waals surface area contributed by atoms with Crippen LogP contribution < -0.4 is 5.32 Å². The summed E-state index contributed by atoms with van der Waals surface area (Å²) in [7, 11) is -3.68. The Kier molecular flexibility index (Phi) is 7.40. The van der Waals surface area contributed by atoms with Crippen LogP contribution in [0.25, 0.3) is 0 Å². The van der Waals surface area contributed by atoms with Crippen LogP contribution in [0.5, 0.6) is 0 Å². The second-order valence-corrected chi connectivity index (χ2v) is 11.9. The second kappa shape index (κ2) is 10.9. The van der Waals surface area contributed by atoms with Gasteiger partial charge in [0.2, 0.25) is 15.9 Å². The minimum atomic E-state index is -3.68. The summed E-state index contributed by atoms with van der Waals surface area (Å²) in [5, 5.41) is 10.5. The molecule has 0 bridgehead atoms. The summed E-state index contributed by atoms with van der Waals surface area (Å²) in [5.41, 5.74) is 3.50. The molecule has 37 heavy (non-hydrogen) atoms. The fraction of sp³-hybridized carbons (Fsp3) is 0.222. The lowest BCUT2D eigenvalue weighted by Gasteiger charge is -2.28. The molecule has 10 heteroatoms. The van der Waals surface area contributed by atoms with E-state index in [1.807, 2.05) is 36.4 Å². The molecule has 8 nitrogen and oxygen atoms in total. The van der Waals surface area contributed by atoms with Crippen LogP contribution in [-0.4, -0.2) is 41.1 Å². The number of aromatic nitrogens is 2. The lowest BCUT2D eigenvalue weighted by atomic mass is 10.0. The molecule has 0 spiro atoms. The number of nitrogens with one attached hydrogen (secondary N) is 1. The van der Waals surface area contributed by atoms with Gasteiger partial charge in [0, 0.05) is 23.5 Å². The molecule has 4 aromatic rings. The van der Waals surface area contributed by atoms with E-state index in [2.05, 4.69) is 34.6 Å². The monoisotopic (exact) mass is 534 g/mol. The van der Waals surface area contributed by atoms with Crippen LogP contribution in [0.2, 0.25) is 0 Å². The van der Waals surface area contributed by atoms with Crippen LogP contribution in [0.3, 0.4) is 0 Å². The van der Waals surface area contributed by atoms with Gasteiger partial charge in [0.25, 0.3) is 5.91 Å². The topological polar surface area (TPSA) is 105 Å². The molecule has 0 saturated heterocycles. The number of amides is 1. The van der Waals surface area contributed by atoms with E-state index in [1.165, 1.54) is 39.0 Å². The molecule has 0 atom stereocenters. The zero-order valence-corrected chi connectivity index (χ0v) is 21.9. The first-order valence-corrected chi connectivity index (χ1v) is 14.4. The number of carbonyl (C=O) groups excluding carboxylic acids is 1. The molecule has 0 unspecified atom stereocenters. The molecule has 1 amide bonds. The molecular weight excluding hydrogens is 508 g/mol. The first-order chi connectivity index (χ1) is 17.9. The zero-order valence-electron chi connectivity index (χ0n) is 20.3. The van der Waals surface area contributed by atoms with Gasteiger partial charge in [-0.05, 0) is 65.3 Å². The van der Waals surface area contributed by atoms with Crippen molar-refractivity contribution in [3.05, 3.63) is 101 Å². The van der Waals surface area contributed by atoms with Gasteiger partial charge in [-0.1, -0.05) is 48.4 Å². The number of anilines is 1. The second-order valence-electron chi connectivity index (χ2n) is 8.59. The first-order valence-electron chi connectivity index (χ1n) is 11.9. The molecular formula is C27H26N4O4S2. The Balaban J connectivity index is 1.21. The smallest absolute Gasteiger partial charge is 0.322 e. The van der Waals surface area contributed by atoms with E-state index in [-0.39, 0.29) is 16.5 Å². The van der Waals surface area contributed by atoms with Crippen LogP contribution in [0.1, 0.15) is 39.9 Å². The number of benzene rings is 3. The number of fused-ring (bicyclic) bond motifs is 1. The third kappa shape index (κ3) is 5.76. The number of rotatable bonds is 8. The Morgan fingerprint density at radius 1 is 1.00 bits per heavy atom. The standard InChI is InChI=1S/C27H26N4O4S2/c1-2-36-23-11-7-19(8-12-23)17-25-29-30-27(35-25)28-26(32)21-9-13-24(14-10-21)37(33,34)31-16-15-20-5-3-4-6-22(20)18-31/h3-14H,2,15-18H2,1H3,(H,28,30,32). The fourth-order valence-corrected chi connectivity index (χ4v) is 6.27. The Hall–Kier alpha value is -3.47. The van der Waals surface area contributed by atoms with Gasteiger partial charge in [-0.3, -0.25) is 10.1 Å². The molecule has 1 aliphatic heterocycles. The fourth-order valence-electron chi connectivity index (χ4n) is 4.19. The molecule has 2 heterocycles. The lowest BCUT2D eigenvalue weighted by molar-refractivity contribution is 0.102. The van der Waals surface area contributed by atoms with E-state index >= 15 is 0 Å². The van der Waals surface area contributed by atoms with Gasteiger partial charge >= 0.3 is 6.01 Å². The van der Waals surface area contributed by atoms with Gasteiger partial charge in [0.1, 0.15) is 0 Å². The van der Waals surface area contributed by atoms with Crippen molar-refractivity contribution in [3.8, 4) is 0 Å². The Bertz CT molecular complexity index is 1500. The predicted octanol–water partition coefficient (Wildman–Crippen LogP) is 4.77. The summed E-state index contributed by atoms with van der Waals surface area (Å²) >= 11 is 1.77. The number of nitrogens with zero attached hydrogens (tertiary/aromatic N) is 3. The molecule has 0 radical (unpaired) electrons. The van der Waals surface area contributed by atoms with E-state index in [4.69, 9.17) is 4.42 Å². The van der Waals surface area contributed by atoms with E-state index in [0.717, 1.165) is 16.9 Å². The first kappa shape index (κ1) is 25.2. The zero-order chi connectivity index (χ0) is 25.8. The van der Waals surface area contributed by atoms with Crippen molar-refractivity contribution in [2.45, 2.75) is 36.1 Å². The van der Waals surface area contributed by atoms with Crippen molar-refractivity contribution in [3.63, 3.8) is 0 Å². The number of thioether (sulfide) groups is 1.